The Bertz CT molecular complexity index is 229. The summed E-state index contributed by atoms with van der Waals surface area (Å²) in [6, 6.07) is 0.961. The van der Waals surface area contributed by atoms with Gasteiger partial charge in [-0.1, -0.05) is 13.8 Å². The molecule has 94 valence electrons. The van der Waals surface area contributed by atoms with E-state index >= 15 is 0 Å². The van der Waals surface area contributed by atoms with Gasteiger partial charge in [0.25, 0.3) is 0 Å². The molecule has 1 aliphatic rings. The van der Waals surface area contributed by atoms with E-state index in [9.17, 15) is 0 Å². The van der Waals surface area contributed by atoms with Crippen molar-refractivity contribution in [3.8, 4) is 0 Å². The average Bonchev–Trinajstić information content (AvgIpc) is 2.97. The predicted molar refractivity (Wildman–Crippen MR) is 71.6 cm³/mol. The largest absolute Gasteiger partial charge is 0.383 e. The third kappa shape index (κ3) is 4.66. The Hall–Kier alpha value is -0.350. The number of rotatable bonds is 6. The fourth-order valence-corrected chi connectivity index (χ4v) is 2.19. The molecular weight excluding hydrogens is 220 g/mol. The van der Waals surface area contributed by atoms with Crippen LogP contribution in [-0.4, -0.2) is 42.4 Å². The number of nitrogens with zero attached hydrogens (tertiary/aromatic N) is 1. The highest BCUT2D eigenvalue weighted by atomic mass is 32.1. The van der Waals surface area contributed by atoms with Gasteiger partial charge >= 0.3 is 0 Å². The minimum atomic E-state index is 0.283. The molecule has 3 nitrogen and oxygen atoms in total. The Morgan fingerprint density at radius 2 is 2.06 bits per heavy atom. The van der Waals surface area contributed by atoms with E-state index in [4.69, 9.17) is 17.0 Å². The Morgan fingerprint density at radius 1 is 1.44 bits per heavy atom. The summed E-state index contributed by atoms with van der Waals surface area (Å²) in [5, 5.41) is 4.23. The normalized spacial score (nSPS) is 17.3. The second-order valence-electron chi connectivity index (χ2n) is 5.08. The number of methoxy groups -OCH3 is 1. The lowest BCUT2D eigenvalue weighted by atomic mass is 10.2. The summed E-state index contributed by atoms with van der Waals surface area (Å²) in [5.74, 6) is 0.651. The Balaban J connectivity index is 2.41. The molecule has 0 saturated heterocycles. The van der Waals surface area contributed by atoms with E-state index in [1.54, 1.807) is 7.11 Å². The average molecular weight is 244 g/mol. The maximum absolute atomic E-state index is 5.46. The molecule has 1 N–H and O–H groups in total. The lowest BCUT2D eigenvalue weighted by molar-refractivity contribution is 0.177. The van der Waals surface area contributed by atoms with Gasteiger partial charge in [0.2, 0.25) is 0 Å². The molecule has 0 aliphatic heterocycles. The molecule has 1 rings (SSSR count). The van der Waals surface area contributed by atoms with Crippen molar-refractivity contribution in [3.05, 3.63) is 0 Å². The fourth-order valence-electron chi connectivity index (χ4n) is 1.76. The first kappa shape index (κ1) is 13.7. The second kappa shape index (κ2) is 6.40. The van der Waals surface area contributed by atoms with Crippen molar-refractivity contribution in [2.75, 3.05) is 20.3 Å². The number of hydrogen-bond acceptors (Lipinski definition) is 2. The van der Waals surface area contributed by atoms with Crippen LogP contribution < -0.4 is 5.32 Å². The van der Waals surface area contributed by atoms with Crippen molar-refractivity contribution in [2.45, 2.75) is 45.7 Å². The number of nitrogens with one attached hydrogen (secondary N) is 1. The third-order valence-electron chi connectivity index (χ3n) is 2.60. The third-order valence-corrected chi connectivity index (χ3v) is 2.95. The standard InChI is InChI=1S/C12H24N2OS/c1-9(2)7-14(11-5-6-11)12(16)13-10(3)8-15-4/h9-11H,5-8H2,1-4H3,(H,13,16). The molecule has 0 aromatic rings. The summed E-state index contributed by atoms with van der Waals surface area (Å²) in [5.41, 5.74) is 0. The maximum Gasteiger partial charge on any atom is 0.169 e. The van der Waals surface area contributed by atoms with Crippen molar-refractivity contribution < 1.29 is 4.74 Å². The molecule has 0 aromatic heterocycles. The van der Waals surface area contributed by atoms with E-state index in [0.29, 0.717) is 18.6 Å². The van der Waals surface area contributed by atoms with Crippen LogP contribution >= 0.6 is 12.2 Å². The van der Waals surface area contributed by atoms with E-state index < -0.39 is 0 Å². The summed E-state index contributed by atoms with van der Waals surface area (Å²) < 4.78 is 5.10. The van der Waals surface area contributed by atoms with Crippen LogP contribution in [0.4, 0.5) is 0 Å². The van der Waals surface area contributed by atoms with Crippen molar-refractivity contribution in [3.63, 3.8) is 0 Å². The van der Waals surface area contributed by atoms with Gasteiger partial charge in [0.05, 0.1) is 6.61 Å². The van der Waals surface area contributed by atoms with E-state index in [0.717, 1.165) is 11.7 Å². The van der Waals surface area contributed by atoms with Gasteiger partial charge in [-0.2, -0.15) is 0 Å². The van der Waals surface area contributed by atoms with Gasteiger partial charge in [0, 0.05) is 25.7 Å². The first-order valence-corrected chi connectivity index (χ1v) is 6.51. The molecule has 0 radical (unpaired) electrons. The Labute approximate surface area is 105 Å². The van der Waals surface area contributed by atoms with Crippen LogP contribution in [0.25, 0.3) is 0 Å². The molecule has 1 aliphatic carbocycles. The summed E-state index contributed by atoms with van der Waals surface area (Å²) >= 11 is 5.46. The molecule has 16 heavy (non-hydrogen) atoms. The molecule has 0 bridgehead atoms. The summed E-state index contributed by atoms with van der Waals surface area (Å²) in [4.78, 5) is 2.34. The molecular formula is C12H24N2OS. The summed E-state index contributed by atoms with van der Waals surface area (Å²) in [6.45, 7) is 8.31. The minimum absolute atomic E-state index is 0.283. The monoisotopic (exact) mass is 244 g/mol. The number of hydrogen-bond donors (Lipinski definition) is 1. The van der Waals surface area contributed by atoms with Crippen LogP contribution in [0.5, 0.6) is 0 Å². The molecule has 0 amide bonds. The highest BCUT2D eigenvalue weighted by molar-refractivity contribution is 7.80. The molecule has 1 unspecified atom stereocenters. The topological polar surface area (TPSA) is 24.5 Å². The quantitative estimate of drug-likeness (QED) is 0.723. The van der Waals surface area contributed by atoms with Gasteiger partial charge < -0.3 is 15.0 Å². The van der Waals surface area contributed by atoms with E-state index in [2.05, 4.69) is 31.0 Å². The van der Waals surface area contributed by atoms with Gasteiger partial charge in [-0.3, -0.25) is 0 Å². The first-order chi connectivity index (χ1) is 7.54. The first-order valence-electron chi connectivity index (χ1n) is 6.10. The predicted octanol–water partition coefficient (Wildman–Crippen LogP) is 2.02. The molecule has 4 heteroatoms. The van der Waals surface area contributed by atoms with Crippen LogP contribution in [0.15, 0.2) is 0 Å². The zero-order valence-corrected chi connectivity index (χ0v) is 11.6. The zero-order valence-electron chi connectivity index (χ0n) is 10.8. The minimum Gasteiger partial charge on any atom is -0.383 e. The SMILES string of the molecule is COCC(C)NC(=S)N(CC(C)C)C1CC1. The van der Waals surface area contributed by atoms with Gasteiger partial charge in [0.15, 0.2) is 5.11 Å². The van der Waals surface area contributed by atoms with E-state index in [1.165, 1.54) is 12.8 Å². The van der Waals surface area contributed by atoms with Crippen LogP contribution in [0.2, 0.25) is 0 Å². The zero-order chi connectivity index (χ0) is 12.1. The van der Waals surface area contributed by atoms with Crippen LogP contribution in [0, 0.1) is 5.92 Å². The van der Waals surface area contributed by atoms with Crippen LogP contribution in [-0.2, 0) is 4.74 Å². The Kier molecular flexibility index (Phi) is 5.49. The lowest BCUT2D eigenvalue weighted by Crippen LogP contribution is -2.47. The highest BCUT2D eigenvalue weighted by Crippen LogP contribution is 2.27. The van der Waals surface area contributed by atoms with E-state index in [-0.39, 0.29) is 6.04 Å². The smallest absolute Gasteiger partial charge is 0.169 e. The number of thiocarbonyl (C=S) groups is 1. The van der Waals surface area contributed by atoms with Crippen molar-refractivity contribution in [1.29, 1.82) is 0 Å². The van der Waals surface area contributed by atoms with Gasteiger partial charge in [-0.15, -0.1) is 0 Å². The molecule has 1 saturated carbocycles. The molecule has 1 atom stereocenters. The molecule has 0 spiro atoms. The molecule has 1 fully saturated rings. The number of ether oxygens (including phenoxy) is 1. The second-order valence-corrected chi connectivity index (χ2v) is 5.47. The Morgan fingerprint density at radius 3 is 2.50 bits per heavy atom. The van der Waals surface area contributed by atoms with Crippen LogP contribution in [0.1, 0.15) is 33.6 Å². The lowest BCUT2D eigenvalue weighted by Gasteiger charge is -2.29. The summed E-state index contributed by atoms with van der Waals surface area (Å²) in [6.07, 6.45) is 2.57. The van der Waals surface area contributed by atoms with Gasteiger partial charge in [-0.25, -0.2) is 0 Å². The maximum atomic E-state index is 5.46. The summed E-state index contributed by atoms with van der Waals surface area (Å²) in [7, 11) is 1.72. The van der Waals surface area contributed by atoms with E-state index in [1.807, 2.05) is 0 Å². The van der Waals surface area contributed by atoms with Crippen LogP contribution in [0.3, 0.4) is 0 Å². The van der Waals surface area contributed by atoms with Crippen molar-refractivity contribution >= 4 is 17.3 Å². The van der Waals surface area contributed by atoms with Gasteiger partial charge in [-0.05, 0) is 37.9 Å². The fraction of sp³-hybridized carbons (Fsp3) is 0.917. The van der Waals surface area contributed by atoms with Crippen molar-refractivity contribution in [1.82, 2.24) is 10.2 Å². The van der Waals surface area contributed by atoms with Gasteiger partial charge in [0.1, 0.15) is 0 Å². The highest BCUT2D eigenvalue weighted by Gasteiger charge is 2.31. The molecule has 0 heterocycles. The molecule has 0 aromatic carbocycles. The van der Waals surface area contributed by atoms with Crippen molar-refractivity contribution in [2.24, 2.45) is 5.92 Å².